The Labute approximate surface area is 230 Å². The first kappa shape index (κ1) is 26.4. The van der Waals surface area contributed by atoms with Crippen LogP contribution in [0.1, 0.15) is 29.5 Å². The van der Waals surface area contributed by atoms with Gasteiger partial charge >= 0.3 is 0 Å². The van der Waals surface area contributed by atoms with E-state index < -0.39 is 10.0 Å². The van der Waals surface area contributed by atoms with Crippen LogP contribution in [0.2, 0.25) is 10.0 Å². The minimum Gasteiger partial charge on any atom is -0.455 e. The monoisotopic (exact) mass is 570 g/mol. The van der Waals surface area contributed by atoms with Crippen molar-refractivity contribution in [2.24, 2.45) is 10.7 Å². The molecule has 11 heteroatoms. The Kier molecular flexibility index (Phi) is 7.30. The van der Waals surface area contributed by atoms with Gasteiger partial charge in [-0.1, -0.05) is 47.5 Å². The normalized spacial score (nSPS) is 14.9. The summed E-state index contributed by atoms with van der Waals surface area (Å²) in [6, 6.07) is 9.53. The highest BCUT2D eigenvalue weighted by molar-refractivity contribution is 7.89. The van der Waals surface area contributed by atoms with Crippen LogP contribution in [0.5, 0.6) is 11.5 Å². The summed E-state index contributed by atoms with van der Waals surface area (Å²) in [5.41, 5.74) is 8.33. The number of allylic oxidation sites excluding steroid dienone is 4. The molecule has 0 fully saturated rings. The Balaban J connectivity index is 1.59. The molecule has 5 rings (SSSR count). The zero-order chi connectivity index (χ0) is 27.0. The summed E-state index contributed by atoms with van der Waals surface area (Å²) >= 11 is 13.2. The van der Waals surface area contributed by atoms with Gasteiger partial charge in [0.1, 0.15) is 16.6 Å². The maximum absolute atomic E-state index is 12.6. The molecule has 1 heterocycles. The molecule has 0 radical (unpaired) electrons. The maximum atomic E-state index is 12.6. The average molecular weight is 571 g/mol. The van der Waals surface area contributed by atoms with Gasteiger partial charge in [-0.25, -0.2) is 18.1 Å². The van der Waals surface area contributed by atoms with Crippen LogP contribution in [-0.4, -0.2) is 39.8 Å². The van der Waals surface area contributed by atoms with E-state index in [-0.39, 0.29) is 45.7 Å². The molecule has 1 aliphatic heterocycles. The van der Waals surface area contributed by atoms with Crippen molar-refractivity contribution >= 4 is 55.7 Å². The molecule has 0 aromatic heterocycles. The SMILES string of the molecule is CCOCCNS(=O)(=O)c1ccc(Oc2c(Cl)c(Cl)cc3cc4c(c(C5C=CC=C5)c23)C(N)=NC4=N)cc1. The van der Waals surface area contributed by atoms with E-state index in [2.05, 4.69) is 9.71 Å². The molecule has 3 aromatic carbocycles. The largest absolute Gasteiger partial charge is 0.455 e. The second-order valence-electron chi connectivity index (χ2n) is 8.62. The summed E-state index contributed by atoms with van der Waals surface area (Å²) in [5, 5.41) is 10.2. The third kappa shape index (κ3) is 4.83. The number of nitrogens with one attached hydrogen (secondary N) is 2. The van der Waals surface area contributed by atoms with Crippen molar-refractivity contribution in [2.45, 2.75) is 17.7 Å². The van der Waals surface area contributed by atoms with Crippen molar-refractivity contribution in [1.82, 2.24) is 4.72 Å². The Morgan fingerprint density at radius 2 is 1.84 bits per heavy atom. The molecular weight excluding hydrogens is 547 g/mol. The van der Waals surface area contributed by atoms with Gasteiger partial charge in [0.25, 0.3) is 0 Å². The number of amidine groups is 2. The van der Waals surface area contributed by atoms with E-state index in [1.807, 2.05) is 31.2 Å². The molecule has 0 atom stereocenters. The van der Waals surface area contributed by atoms with Crippen molar-refractivity contribution in [3.63, 3.8) is 0 Å². The van der Waals surface area contributed by atoms with Gasteiger partial charge in [0.05, 0.1) is 16.5 Å². The lowest BCUT2D eigenvalue weighted by Gasteiger charge is -2.21. The van der Waals surface area contributed by atoms with Gasteiger partial charge < -0.3 is 15.2 Å². The van der Waals surface area contributed by atoms with Crippen LogP contribution in [0.4, 0.5) is 0 Å². The Morgan fingerprint density at radius 3 is 2.53 bits per heavy atom. The van der Waals surface area contributed by atoms with E-state index in [9.17, 15) is 8.42 Å². The predicted octanol–water partition coefficient (Wildman–Crippen LogP) is 5.51. The summed E-state index contributed by atoms with van der Waals surface area (Å²) in [5.74, 6) is 0.840. The molecule has 2 aliphatic rings. The molecule has 196 valence electrons. The topological polar surface area (TPSA) is 127 Å². The molecule has 8 nitrogen and oxygen atoms in total. The summed E-state index contributed by atoms with van der Waals surface area (Å²) < 4.78 is 39.2. The number of fused-ring (bicyclic) bond motifs is 2. The van der Waals surface area contributed by atoms with Gasteiger partial charge in [-0.2, -0.15) is 0 Å². The Morgan fingerprint density at radius 1 is 1.13 bits per heavy atom. The maximum Gasteiger partial charge on any atom is 0.240 e. The predicted molar refractivity (Wildman–Crippen MR) is 151 cm³/mol. The molecule has 0 spiro atoms. The Hall–Kier alpha value is -3.21. The highest BCUT2D eigenvalue weighted by Gasteiger charge is 2.30. The number of benzene rings is 3. The minimum atomic E-state index is -3.71. The van der Waals surface area contributed by atoms with E-state index in [1.54, 1.807) is 24.3 Å². The molecule has 0 saturated carbocycles. The van der Waals surface area contributed by atoms with E-state index in [1.165, 1.54) is 12.1 Å². The number of rotatable bonds is 9. The first-order chi connectivity index (χ1) is 18.2. The van der Waals surface area contributed by atoms with Crippen molar-refractivity contribution in [2.75, 3.05) is 19.8 Å². The molecule has 1 aliphatic carbocycles. The number of sulfonamides is 1. The van der Waals surface area contributed by atoms with Crippen molar-refractivity contribution < 1.29 is 17.9 Å². The number of hydrogen-bond donors (Lipinski definition) is 3. The fourth-order valence-corrected chi connectivity index (χ4v) is 5.95. The van der Waals surface area contributed by atoms with E-state index >= 15 is 0 Å². The van der Waals surface area contributed by atoms with Crippen LogP contribution in [-0.2, 0) is 14.8 Å². The lowest BCUT2D eigenvalue weighted by atomic mass is 9.86. The molecule has 0 saturated heterocycles. The first-order valence-corrected chi connectivity index (χ1v) is 14.1. The van der Waals surface area contributed by atoms with Crippen LogP contribution in [0, 0.1) is 5.41 Å². The van der Waals surface area contributed by atoms with Gasteiger partial charge in [0.15, 0.2) is 11.6 Å². The lowest BCUT2D eigenvalue weighted by Crippen LogP contribution is -2.27. The van der Waals surface area contributed by atoms with E-state index in [0.29, 0.717) is 40.0 Å². The van der Waals surface area contributed by atoms with Crippen LogP contribution in [0.3, 0.4) is 0 Å². The van der Waals surface area contributed by atoms with Gasteiger partial charge in [0, 0.05) is 35.6 Å². The van der Waals surface area contributed by atoms with E-state index in [0.717, 1.165) is 5.56 Å². The molecule has 4 N–H and O–H groups in total. The molecular formula is C27H24Cl2N4O4S. The summed E-state index contributed by atoms with van der Waals surface area (Å²) in [4.78, 5) is 4.28. The number of nitrogens with zero attached hydrogens (tertiary/aromatic N) is 1. The molecule has 0 unspecified atom stereocenters. The highest BCUT2D eigenvalue weighted by atomic mass is 35.5. The van der Waals surface area contributed by atoms with Crippen LogP contribution in [0.25, 0.3) is 10.8 Å². The Bertz CT molecular complexity index is 1640. The standard InChI is InChI=1S/C27H24Cl2N4O4S/c1-2-36-12-11-32-38(34,35)18-9-7-17(8-10-18)37-25-22-16(14-20(28)24(25)29)13-19-23(27(31)33-26(19)30)21(22)15-5-3-4-6-15/h3-10,13-15,32H,2,11-12H2,1H3,(H3,30,31,33). The van der Waals surface area contributed by atoms with Crippen molar-refractivity contribution in [1.29, 1.82) is 5.41 Å². The lowest BCUT2D eigenvalue weighted by molar-refractivity contribution is 0.153. The number of nitrogens with two attached hydrogens (primary N) is 1. The van der Waals surface area contributed by atoms with E-state index in [4.69, 9.17) is 43.8 Å². The van der Waals surface area contributed by atoms with Crippen molar-refractivity contribution in [3.8, 4) is 11.5 Å². The van der Waals surface area contributed by atoms with Gasteiger partial charge in [-0.15, -0.1) is 0 Å². The number of ether oxygens (including phenoxy) is 2. The summed E-state index contributed by atoms with van der Waals surface area (Å²) in [6.45, 7) is 2.80. The van der Waals surface area contributed by atoms with Crippen LogP contribution < -0.4 is 15.2 Å². The third-order valence-electron chi connectivity index (χ3n) is 6.24. The average Bonchev–Trinajstić information content (AvgIpc) is 3.52. The minimum absolute atomic E-state index is 0.0758. The second-order valence-corrected chi connectivity index (χ2v) is 11.2. The zero-order valence-corrected chi connectivity index (χ0v) is 22.6. The molecule has 38 heavy (non-hydrogen) atoms. The van der Waals surface area contributed by atoms with Gasteiger partial charge in [0.2, 0.25) is 10.0 Å². The second kappa shape index (κ2) is 10.5. The molecule has 0 bridgehead atoms. The number of aliphatic imine (C=N–C) groups is 1. The zero-order valence-electron chi connectivity index (χ0n) is 20.3. The van der Waals surface area contributed by atoms with Crippen LogP contribution >= 0.6 is 23.2 Å². The number of hydrogen-bond acceptors (Lipinski definition) is 6. The first-order valence-electron chi connectivity index (χ1n) is 11.8. The van der Waals surface area contributed by atoms with Gasteiger partial charge in [-0.05, 0) is 54.3 Å². The third-order valence-corrected chi connectivity index (χ3v) is 8.48. The fourth-order valence-electron chi connectivity index (χ4n) is 4.54. The molecule has 0 amide bonds. The smallest absolute Gasteiger partial charge is 0.240 e. The summed E-state index contributed by atoms with van der Waals surface area (Å²) in [6.07, 6.45) is 7.88. The van der Waals surface area contributed by atoms with Crippen molar-refractivity contribution in [3.05, 3.63) is 87.4 Å². The van der Waals surface area contributed by atoms with Gasteiger partial charge in [-0.3, -0.25) is 5.41 Å². The quantitative estimate of drug-likeness (QED) is 0.292. The number of halogens is 2. The highest BCUT2D eigenvalue weighted by Crippen LogP contribution is 2.47. The van der Waals surface area contributed by atoms with Crippen LogP contribution in [0.15, 0.2) is 70.6 Å². The summed E-state index contributed by atoms with van der Waals surface area (Å²) in [7, 11) is -3.71. The molecule has 3 aromatic rings. The fraction of sp³-hybridized carbons (Fsp3) is 0.185.